The number of rotatable bonds is 1. The number of amides is 1. The van der Waals surface area contributed by atoms with Crippen LogP contribution in [0.1, 0.15) is 12.0 Å². The molecule has 1 aliphatic rings. The van der Waals surface area contributed by atoms with Crippen LogP contribution in [0.15, 0.2) is 12.4 Å². The zero-order chi connectivity index (χ0) is 10.1. The molecular formula is C9H11N3O2. The number of carbonyl (C=O) groups is 1. The van der Waals surface area contributed by atoms with E-state index in [0.717, 1.165) is 5.56 Å². The molecular weight excluding hydrogens is 182 g/mol. The molecule has 1 atom stereocenters. The fraction of sp³-hybridized carbons (Fsp3) is 0.444. The SMILES string of the molecule is Cc1cnc(N2CC(O)CC2=O)nc1. The van der Waals surface area contributed by atoms with Crippen LogP contribution in [0.25, 0.3) is 0 Å². The first-order valence-electron chi connectivity index (χ1n) is 4.44. The summed E-state index contributed by atoms with van der Waals surface area (Å²) in [4.78, 5) is 20.8. The molecule has 14 heavy (non-hydrogen) atoms. The first-order chi connectivity index (χ1) is 6.66. The maximum absolute atomic E-state index is 11.4. The van der Waals surface area contributed by atoms with E-state index in [-0.39, 0.29) is 12.3 Å². The van der Waals surface area contributed by atoms with E-state index in [9.17, 15) is 9.90 Å². The van der Waals surface area contributed by atoms with Gasteiger partial charge in [-0.2, -0.15) is 0 Å². The predicted molar refractivity (Wildman–Crippen MR) is 49.7 cm³/mol. The van der Waals surface area contributed by atoms with E-state index in [1.807, 2.05) is 6.92 Å². The van der Waals surface area contributed by atoms with Gasteiger partial charge in [0.2, 0.25) is 11.9 Å². The van der Waals surface area contributed by atoms with Crippen molar-refractivity contribution < 1.29 is 9.90 Å². The minimum absolute atomic E-state index is 0.124. The summed E-state index contributed by atoms with van der Waals surface area (Å²) >= 11 is 0. The van der Waals surface area contributed by atoms with E-state index in [0.29, 0.717) is 12.5 Å². The molecule has 1 amide bonds. The number of anilines is 1. The van der Waals surface area contributed by atoms with Gasteiger partial charge in [0.25, 0.3) is 0 Å². The van der Waals surface area contributed by atoms with Crippen molar-refractivity contribution in [3.05, 3.63) is 18.0 Å². The van der Waals surface area contributed by atoms with Crippen molar-refractivity contribution in [3.63, 3.8) is 0 Å². The first kappa shape index (κ1) is 9.08. The van der Waals surface area contributed by atoms with Crippen molar-refractivity contribution in [1.29, 1.82) is 0 Å². The Balaban J connectivity index is 2.23. The topological polar surface area (TPSA) is 66.3 Å². The van der Waals surface area contributed by atoms with Crippen molar-refractivity contribution in [1.82, 2.24) is 9.97 Å². The molecule has 2 rings (SSSR count). The van der Waals surface area contributed by atoms with Crippen LogP contribution in [-0.2, 0) is 4.79 Å². The normalized spacial score (nSPS) is 21.7. The number of nitrogens with zero attached hydrogens (tertiary/aromatic N) is 3. The number of hydrogen-bond donors (Lipinski definition) is 1. The van der Waals surface area contributed by atoms with Gasteiger partial charge in [0.1, 0.15) is 0 Å². The molecule has 1 fully saturated rings. The molecule has 1 unspecified atom stereocenters. The molecule has 5 nitrogen and oxygen atoms in total. The summed E-state index contributed by atoms with van der Waals surface area (Å²) in [5, 5.41) is 9.27. The van der Waals surface area contributed by atoms with Gasteiger partial charge in [-0.1, -0.05) is 0 Å². The minimum Gasteiger partial charge on any atom is -0.391 e. The molecule has 1 aliphatic heterocycles. The van der Waals surface area contributed by atoms with Gasteiger partial charge < -0.3 is 5.11 Å². The average molecular weight is 193 g/mol. The van der Waals surface area contributed by atoms with Gasteiger partial charge in [-0.25, -0.2) is 9.97 Å². The van der Waals surface area contributed by atoms with E-state index in [4.69, 9.17) is 0 Å². The molecule has 0 spiro atoms. The van der Waals surface area contributed by atoms with E-state index in [1.165, 1.54) is 4.90 Å². The molecule has 0 aromatic carbocycles. The summed E-state index contributed by atoms with van der Waals surface area (Å²) in [6.07, 6.45) is 2.88. The van der Waals surface area contributed by atoms with Gasteiger partial charge in [0.15, 0.2) is 0 Å². The van der Waals surface area contributed by atoms with Gasteiger partial charge in [-0.3, -0.25) is 9.69 Å². The molecule has 1 aromatic rings. The number of β-amino-alcohol motifs (C(OH)–C–C–N with tert-alkyl or cyclic N) is 1. The lowest BCUT2D eigenvalue weighted by molar-refractivity contribution is -0.117. The summed E-state index contributed by atoms with van der Waals surface area (Å²) in [5.74, 6) is 0.249. The third-order valence-electron chi connectivity index (χ3n) is 2.11. The lowest BCUT2D eigenvalue weighted by Gasteiger charge is -2.12. The summed E-state index contributed by atoms with van der Waals surface area (Å²) < 4.78 is 0. The summed E-state index contributed by atoms with van der Waals surface area (Å²) in [5.41, 5.74) is 0.945. The predicted octanol–water partition coefficient (Wildman–Crippen LogP) is -0.117. The Labute approximate surface area is 81.4 Å². The highest BCUT2D eigenvalue weighted by atomic mass is 16.3. The second-order valence-electron chi connectivity index (χ2n) is 3.42. The van der Waals surface area contributed by atoms with Crippen LogP contribution in [-0.4, -0.2) is 33.6 Å². The highest BCUT2D eigenvalue weighted by Gasteiger charge is 2.30. The van der Waals surface area contributed by atoms with E-state index in [1.54, 1.807) is 12.4 Å². The van der Waals surface area contributed by atoms with Crippen molar-refractivity contribution in [2.45, 2.75) is 19.4 Å². The Hall–Kier alpha value is -1.49. The molecule has 74 valence electrons. The van der Waals surface area contributed by atoms with Crippen LogP contribution in [0.5, 0.6) is 0 Å². The smallest absolute Gasteiger partial charge is 0.232 e. The summed E-state index contributed by atoms with van der Waals surface area (Å²) in [7, 11) is 0. The molecule has 5 heteroatoms. The number of aryl methyl sites for hydroxylation is 1. The Kier molecular flexibility index (Phi) is 2.17. The fourth-order valence-electron chi connectivity index (χ4n) is 1.41. The Morgan fingerprint density at radius 1 is 1.50 bits per heavy atom. The number of aliphatic hydroxyl groups is 1. The zero-order valence-corrected chi connectivity index (χ0v) is 7.84. The van der Waals surface area contributed by atoms with Crippen LogP contribution in [0.4, 0.5) is 5.95 Å². The van der Waals surface area contributed by atoms with E-state index < -0.39 is 6.10 Å². The Morgan fingerprint density at radius 3 is 2.64 bits per heavy atom. The average Bonchev–Trinajstić information content (AvgIpc) is 2.47. The minimum atomic E-state index is -0.590. The highest BCUT2D eigenvalue weighted by molar-refractivity contribution is 5.94. The number of aromatic nitrogens is 2. The van der Waals surface area contributed by atoms with Crippen LogP contribution in [0, 0.1) is 6.92 Å². The third kappa shape index (κ3) is 1.58. The lowest BCUT2D eigenvalue weighted by Crippen LogP contribution is -2.27. The van der Waals surface area contributed by atoms with Gasteiger partial charge in [-0.05, 0) is 12.5 Å². The summed E-state index contributed by atoms with van der Waals surface area (Å²) in [6, 6.07) is 0. The van der Waals surface area contributed by atoms with Crippen LogP contribution >= 0.6 is 0 Å². The zero-order valence-electron chi connectivity index (χ0n) is 7.84. The maximum atomic E-state index is 11.4. The van der Waals surface area contributed by atoms with Gasteiger partial charge >= 0.3 is 0 Å². The molecule has 2 heterocycles. The molecule has 0 saturated carbocycles. The van der Waals surface area contributed by atoms with Gasteiger partial charge in [-0.15, -0.1) is 0 Å². The van der Waals surface area contributed by atoms with Gasteiger partial charge in [0, 0.05) is 12.4 Å². The second-order valence-corrected chi connectivity index (χ2v) is 3.42. The molecule has 1 N–H and O–H groups in total. The number of carbonyl (C=O) groups excluding carboxylic acids is 1. The maximum Gasteiger partial charge on any atom is 0.232 e. The first-order valence-corrected chi connectivity index (χ1v) is 4.44. The van der Waals surface area contributed by atoms with Crippen molar-refractivity contribution in [2.24, 2.45) is 0 Å². The largest absolute Gasteiger partial charge is 0.391 e. The number of aliphatic hydroxyl groups excluding tert-OH is 1. The molecule has 0 aliphatic carbocycles. The third-order valence-corrected chi connectivity index (χ3v) is 2.11. The standard InChI is InChI=1S/C9H11N3O2/c1-6-3-10-9(11-4-6)12-5-7(13)2-8(12)14/h3-4,7,13H,2,5H2,1H3. The van der Waals surface area contributed by atoms with Crippen molar-refractivity contribution >= 4 is 11.9 Å². The van der Waals surface area contributed by atoms with E-state index >= 15 is 0 Å². The van der Waals surface area contributed by atoms with Crippen molar-refractivity contribution in [3.8, 4) is 0 Å². The Morgan fingerprint density at radius 2 is 2.14 bits per heavy atom. The lowest BCUT2D eigenvalue weighted by atomic mass is 10.3. The fourth-order valence-corrected chi connectivity index (χ4v) is 1.41. The highest BCUT2D eigenvalue weighted by Crippen LogP contribution is 2.16. The summed E-state index contributed by atoms with van der Waals surface area (Å²) in [6.45, 7) is 2.17. The van der Waals surface area contributed by atoms with Crippen molar-refractivity contribution in [2.75, 3.05) is 11.4 Å². The monoisotopic (exact) mass is 193 g/mol. The molecule has 1 aromatic heterocycles. The molecule has 1 saturated heterocycles. The Bertz CT molecular complexity index is 350. The molecule has 0 bridgehead atoms. The van der Waals surface area contributed by atoms with Crippen LogP contribution < -0.4 is 4.90 Å². The molecule has 0 radical (unpaired) electrons. The van der Waals surface area contributed by atoms with Crippen LogP contribution in [0.2, 0.25) is 0 Å². The number of hydrogen-bond acceptors (Lipinski definition) is 4. The van der Waals surface area contributed by atoms with Gasteiger partial charge in [0.05, 0.1) is 19.1 Å². The second kappa shape index (κ2) is 3.34. The van der Waals surface area contributed by atoms with Crippen LogP contribution in [0.3, 0.4) is 0 Å². The van der Waals surface area contributed by atoms with E-state index in [2.05, 4.69) is 9.97 Å². The quantitative estimate of drug-likeness (QED) is 0.675.